The van der Waals surface area contributed by atoms with Crippen molar-refractivity contribution in [3.63, 3.8) is 0 Å². The molecule has 1 aliphatic heterocycles. The van der Waals surface area contributed by atoms with Gasteiger partial charge in [0.05, 0.1) is 0 Å². The molecule has 1 atom stereocenters. The Balaban J connectivity index is 2.45. The molecule has 1 aliphatic rings. The maximum atomic E-state index is 6.06. The van der Waals surface area contributed by atoms with Gasteiger partial charge in [0.1, 0.15) is 0 Å². The molecule has 0 radical (unpaired) electrons. The van der Waals surface area contributed by atoms with Gasteiger partial charge in [-0.25, -0.2) is 0 Å². The smallest absolute Gasteiger partial charge is 0.0408 e. The van der Waals surface area contributed by atoms with Gasteiger partial charge in [-0.3, -0.25) is 0 Å². The van der Waals surface area contributed by atoms with Crippen LogP contribution in [0.25, 0.3) is 0 Å². The highest BCUT2D eigenvalue weighted by molar-refractivity contribution is 6.30. The standard InChI is InChI=1S/C13H18ClN/c1-12(2)13(3,7-8-15-12)10-5-4-6-11(14)9-10/h4-6,9,15H,7-8H2,1-3H3. The molecule has 0 amide bonds. The van der Waals surface area contributed by atoms with Crippen molar-refractivity contribution in [1.29, 1.82) is 0 Å². The summed E-state index contributed by atoms with van der Waals surface area (Å²) in [7, 11) is 0. The molecule has 0 aromatic heterocycles. The number of nitrogens with one attached hydrogen (secondary N) is 1. The number of hydrogen-bond donors (Lipinski definition) is 1. The predicted molar refractivity (Wildman–Crippen MR) is 65.5 cm³/mol. The van der Waals surface area contributed by atoms with Gasteiger partial charge in [-0.1, -0.05) is 30.7 Å². The highest BCUT2D eigenvalue weighted by atomic mass is 35.5. The van der Waals surface area contributed by atoms with Gasteiger partial charge >= 0.3 is 0 Å². The molecule has 0 spiro atoms. The molecule has 2 heteroatoms. The zero-order valence-corrected chi connectivity index (χ0v) is 10.4. The molecular formula is C13H18ClN. The largest absolute Gasteiger partial charge is 0.311 e. The van der Waals surface area contributed by atoms with E-state index in [-0.39, 0.29) is 11.0 Å². The van der Waals surface area contributed by atoms with E-state index in [1.807, 2.05) is 12.1 Å². The third-order valence-electron chi connectivity index (χ3n) is 4.03. The van der Waals surface area contributed by atoms with Crippen LogP contribution in [0, 0.1) is 0 Å². The van der Waals surface area contributed by atoms with Crippen LogP contribution in [0.2, 0.25) is 5.02 Å². The van der Waals surface area contributed by atoms with E-state index in [0.29, 0.717) is 0 Å². The van der Waals surface area contributed by atoms with Gasteiger partial charge in [0.2, 0.25) is 0 Å². The molecule has 1 N–H and O–H groups in total. The van der Waals surface area contributed by atoms with Gasteiger partial charge in [-0.2, -0.15) is 0 Å². The van der Waals surface area contributed by atoms with Crippen LogP contribution in [0.1, 0.15) is 32.8 Å². The van der Waals surface area contributed by atoms with Crippen LogP contribution >= 0.6 is 11.6 Å². The minimum atomic E-state index is 0.137. The number of halogens is 1. The summed E-state index contributed by atoms with van der Waals surface area (Å²) in [6.45, 7) is 7.93. The lowest BCUT2D eigenvalue weighted by Crippen LogP contribution is -2.47. The third-order valence-corrected chi connectivity index (χ3v) is 4.27. The first-order valence-electron chi connectivity index (χ1n) is 5.47. The molecule has 1 heterocycles. The Morgan fingerprint density at radius 1 is 1.27 bits per heavy atom. The first kappa shape index (κ1) is 11.0. The summed E-state index contributed by atoms with van der Waals surface area (Å²) in [4.78, 5) is 0. The topological polar surface area (TPSA) is 12.0 Å². The van der Waals surface area contributed by atoms with Crippen LogP contribution in [0.15, 0.2) is 24.3 Å². The Hall–Kier alpha value is -0.530. The molecule has 15 heavy (non-hydrogen) atoms. The number of benzene rings is 1. The number of hydrogen-bond acceptors (Lipinski definition) is 1. The summed E-state index contributed by atoms with van der Waals surface area (Å²) in [6, 6.07) is 8.25. The van der Waals surface area contributed by atoms with E-state index >= 15 is 0 Å². The lowest BCUT2D eigenvalue weighted by atomic mass is 9.69. The van der Waals surface area contributed by atoms with Crippen molar-refractivity contribution in [2.75, 3.05) is 6.54 Å². The molecule has 82 valence electrons. The number of rotatable bonds is 1. The summed E-state index contributed by atoms with van der Waals surface area (Å²) in [5, 5.41) is 4.39. The van der Waals surface area contributed by atoms with E-state index in [2.05, 4.69) is 38.2 Å². The Labute approximate surface area is 96.8 Å². The van der Waals surface area contributed by atoms with Crippen LogP contribution in [-0.4, -0.2) is 12.1 Å². The maximum absolute atomic E-state index is 6.06. The predicted octanol–water partition coefficient (Wildman–Crippen LogP) is 3.37. The maximum Gasteiger partial charge on any atom is 0.0408 e. The Morgan fingerprint density at radius 2 is 2.00 bits per heavy atom. The fraction of sp³-hybridized carbons (Fsp3) is 0.538. The van der Waals surface area contributed by atoms with E-state index in [9.17, 15) is 0 Å². The van der Waals surface area contributed by atoms with Crippen molar-refractivity contribution >= 4 is 11.6 Å². The molecule has 2 rings (SSSR count). The molecule has 0 saturated carbocycles. The SMILES string of the molecule is CC1(C)NCCC1(C)c1cccc(Cl)c1. The molecule has 1 unspecified atom stereocenters. The Morgan fingerprint density at radius 3 is 2.53 bits per heavy atom. The summed E-state index contributed by atoms with van der Waals surface area (Å²) in [5.74, 6) is 0. The fourth-order valence-corrected chi connectivity index (χ4v) is 2.66. The fourth-order valence-electron chi connectivity index (χ4n) is 2.47. The highest BCUT2D eigenvalue weighted by Gasteiger charge is 2.45. The quantitative estimate of drug-likeness (QED) is 0.770. The van der Waals surface area contributed by atoms with E-state index in [0.717, 1.165) is 11.6 Å². The minimum Gasteiger partial charge on any atom is -0.311 e. The van der Waals surface area contributed by atoms with E-state index < -0.39 is 0 Å². The second kappa shape index (κ2) is 3.50. The molecule has 1 aromatic carbocycles. The molecule has 1 aromatic rings. The van der Waals surface area contributed by atoms with Crippen molar-refractivity contribution in [3.05, 3.63) is 34.9 Å². The summed E-state index contributed by atoms with van der Waals surface area (Å²) in [6.07, 6.45) is 1.17. The van der Waals surface area contributed by atoms with Gasteiger partial charge in [0.25, 0.3) is 0 Å². The monoisotopic (exact) mass is 223 g/mol. The van der Waals surface area contributed by atoms with Crippen LogP contribution < -0.4 is 5.32 Å². The molecule has 1 nitrogen and oxygen atoms in total. The van der Waals surface area contributed by atoms with Gasteiger partial charge in [-0.15, -0.1) is 0 Å². The van der Waals surface area contributed by atoms with Crippen molar-refractivity contribution in [1.82, 2.24) is 5.32 Å². The van der Waals surface area contributed by atoms with Crippen LogP contribution in [0.3, 0.4) is 0 Å². The van der Waals surface area contributed by atoms with Crippen LogP contribution in [-0.2, 0) is 5.41 Å². The molecule has 0 bridgehead atoms. The van der Waals surface area contributed by atoms with E-state index in [4.69, 9.17) is 11.6 Å². The molecule has 1 fully saturated rings. The molecule has 0 aliphatic carbocycles. The zero-order chi connectivity index (χ0) is 11.1. The first-order valence-corrected chi connectivity index (χ1v) is 5.85. The molecule has 1 saturated heterocycles. The van der Waals surface area contributed by atoms with Gasteiger partial charge in [0.15, 0.2) is 0 Å². The van der Waals surface area contributed by atoms with Gasteiger partial charge in [0, 0.05) is 16.0 Å². The normalized spacial score (nSPS) is 29.3. The van der Waals surface area contributed by atoms with Crippen molar-refractivity contribution in [2.45, 2.75) is 38.1 Å². The Bertz CT molecular complexity index is 373. The first-order chi connectivity index (χ1) is 6.96. The molecular weight excluding hydrogens is 206 g/mol. The van der Waals surface area contributed by atoms with Crippen molar-refractivity contribution in [3.8, 4) is 0 Å². The van der Waals surface area contributed by atoms with Gasteiger partial charge < -0.3 is 5.32 Å². The summed E-state index contributed by atoms with van der Waals surface area (Å²) in [5.41, 5.74) is 1.65. The lowest BCUT2D eigenvalue weighted by molar-refractivity contribution is 0.297. The summed E-state index contributed by atoms with van der Waals surface area (Å²) < 4.78 is 0. The summed E-state index contributed by atoms with van der Waals surface area (Å²) >= 11 is 6.06. The van der Waals surface area contributed by atoms with E-state index in [1.54, 1.807) is 0 Å². The Kier molecular flexibility index (Phi) is 2.56. The van der Waals surface area contributed by atoms with Crippen LogP contribution in [0.4, 0.5) is 0 Å². The second-order valence-electron chi connectivity index (χ2n) is 5.14. The minimum absolute atomic E-state index is 0.137. The van der Waals surface area contributed by atoms with Crippen molar-refractivity contribution in [2.24, 2.45) is 0 Å². The second-order valence-corrected chi connectivity index (χ2v) is 5.58. The zero-order valence-electron chi connectivity index (χ0n) is 9.60. The van der Waals surface area contributed by atoms with Crippen LogP contribution in [0.5, 0.6) is 0 Å². The van der Waals surface area contributed by atoms with E-state index in [1.165, 1.54) is 12.0 Å². The van der Waals surface area contributed by atoms with Crippen molar-refractivity contribution < 1.29 is 0 Å². The third kappa shape index (κ3) is 1.68. The average molecular weight is 224 g/mol. The lowest BCUT2D eigenvalue weighted by Gasteiger charge is -2.38. The highest BCUT2D eigenvalue weighted by Crippen LogP contribution is 2.42. The van der Waals surface area contributed by atoms with Gasteiger partial charge in [-0.05, 0) is 44.5 Å². The average Bonchev–Trinajstić information content (AvgIpc) is 2.43.